The summed E-state index contributed by atoms with van der Waals surface area (Å²) in [5.41, 5.74) is 0. The summed E-state index contributed by atoms with van der Waals surface area (Å²) < 4.78 is 14.4. The Morgan fingerprint density at radius 2 is 2.18 bits per heavy atom. The van der Waals surface area contributed by atoms with E-state index in [1.165, 1.54) is 0 Å². The molecule has 1 fully saturated rings. The van der Waals surface area contributed by atoms with Crippen LogP contribution >= 0.6 is 0 Å². The molecular weight excluding hydrogens is 226 g/mol. The molecule has 0 bridgehead atoms. The van der Waals surface area contributed by atoms with Gasteiger partial charge in [0.25, 0.3) is 0 Å². The van der Waals surface area contributed by atoms with Crippen molar-refractivity contribution in [2.24, 2.45) is 0 Å². The minimum atomic E-state index is -0.925. The van der Waals surface area contributed by atoms with Crippen LogP contribution < -0.4 is 5.32 Å². The van der Waals surface area contributed by atoms with E-state index >= 15 is 0 Å². The maximum Gasteiger partial charge on any atom is 0.516 e. The lowest BCUT2D eigenvalue weighted by Crippen LogP contribution is -2.34. The largest absolute Gasteiger partial charge is 0.516 e. The minimum Gasteiger partial charge on any atom is -0.434 e. The van der Waals surface area contributed by atoms with E-state index < -0.39 is 18.2 Å². The lowest BCUT2D eigenvalue weighted by atomic mass is 10.2. The van der Waals surface area contributed by atoms with Gasteiger partial charge in [-0.3, -0.25) is 0 Å². The zero-order chi connectivity index (χ0) is 12.7. The van der Waals surface area contributed by atoms with E-state index in [9.17, 15) is 9.59 Å². The molecule has 1 rings (SSSR count). The number of esters is 1. The van der Waals surface area contributed by atoms with Gasteiger partial charge in [0.2, 0.25) is 0 Å². The van der Waals surface area contributed by atoms with Gasteiger partial charge in [0.1, 0.15) is 6.04 Å². The molecule has 1 aliphatic heterocycles. The lowest BCUT2D eigenvalue weighted by molar-refractivity contribution is -0.142. The second-order valence-electron chi connectivity index (χ2n) is 3.93. The molecular formula is C11H19NO5. The van der Waals surface area contributed by atoms with Crippen molar-refractivity contribution in [1.82, 2.24) is 5.32 Å². The molecule has 6 heteroatoms. The molecule has 0 aromatic rings. The molecule has 0 radical (unpaired) electrons. The number of carbonyl (C=O) groups excluding carboxylic acids is 2. The van der Waals surface area contributed by atoms with Crippen LogP contribution in [0.2, 0.25) is 0 Å². The van der Waals surface area contributed by atoms with Crippen LogP contribution in [0.3, 0.4) is 0 Å². The Morgan fingerprint density at radius 1 is 1.41 bits per heavy atom. The van der Waals surface area contributed by atoms with Gasteiger partial charge in [-0.05, 0) is 6.42 Å². The summed E-state index contributed by atoms with van der Waals surface area (Å²) >= 11 is 0. The third-order valence-electron chi connectivity index (χ3n) is 2.61. The number of rotatable bonds is 5. The fraction of sp³-hybridized carbons (Fsp3) is 0.818. The van der Waals surface area contributed by atoms with Crippen molar-refractivity contribution in [3.05, 3.63) is 0 Å². The van der Waals surface area contributed by atoms with Crippen molar-refractivity contribution in [3.63, 3.8) is 0 Å². The fourth-order valence-electron chi connectivity index (χ4n) is 1.54. The number of methoxy groups -OCH3 is 1. The van der Waals surface area contributed by atoms with Gasteiger partial charge in [0, 0.05) is 20.1 Å². The van der Waals surface area contributed by atoms with Crippen molar-refractivity contribution in [2.45, 2.75) is 38.3 Å². The van der Waals surface area contributed by atoms with Crippen LogP contribution in [0.1, 0.15) is 26.2 Å². The van der Waals surface area contributed by atoms with Crippen molar-refractivity contribution < 1.29 is 23.8 Å². The summed E-state index contributed by atoms with van der Waals surface area (Å²) in [4.78, 5) is 22.6. The van der Waals surface area contributed by atoms with E-state index in [0.717, 1.165) is 12.8 Å². The Kier molecular flexibility index (Phi) is 5.93. The number of carbonyl (C=O) groups is 2. The number of unbranched alkanes of at least 4 members (excludes halogenated alkanes) is 1. The highest BCUT2D eigenvalue weighted by molar-refractivity contribution is 5.85. The van der Waals surface area contributed by atoms with Crippen LogP contribution in [0, 0.1) is 0 Å². The standard InChI is InChI=1S/C11H19NO5/c1-3-4-5-16-11(14)17-10(13)9-6-8(15-2)7-12-9/h8-9,12H,3-7H2,1-2H3. The second kappa shape index (κ2) is 7.24. The molecule has 1 saturated heterocycles. The number of hydrogen-bond acceptors (Lipinski definition) is 6. The monoisotopic (exact) mass is 245 g/mol. The Bertz CT molecular complexity index is 269. The molecule has 0 aromatic carbocycles. The molecule has 6 nitrogen and oxygen atoms in total. The summed E-state index contributed by atoms with van der Waals surface area (Å²) in [5, 5.41) is 2.92. The molecule has 1 heterocycles. The van der Waals surface area contributed by atoms with Gasteiger partial charge in [0.15, 0.2) is 0 Å². The minimum absolute atomic E-state index is 0.0105. The van der Waals surface area contributed by atoms with E-state index in [0.29, 0.717) is 13.0 Å². The first-order valence-electron chi connectivity index (χ1n) is 5.82. The summed E-state index contributed by atoms with van der Waals surface area (Å²) in [6.07, 6.45) is 1.25. The molecule has 2 atom stereocenters. The second-order valence-corrected chi connectivity index (χ2v) is 3.93. The highest BCUT2D eigenvalue weighted by atomic mass is 16.7. The first-order valence-corrected chi connectivity index (χ1v) is 5.82. The Morgan fingerprint density at radius 3 is 2.76 bits per heavy atom. The number of hydrogen-bond donors (Lipinski definition) is 1. The highest BCUT2D eigenvalue weighted by Crippen LogP contribution is 2.11. The van der Waals surface area contributed by atoms with E-state index in [1.807, 2.05) is 6.92 Å². The third kappa shape index (κ3) is 4.70. The van der Waals surface area contributed by atoms with Gasteiger partial charge >= 0.3 is 12.1 Å². The average Bonchev–Trinajstić information content (AvgIpc) is 2.78. The molecule has 1 aliphatic rings. The molecule has 0 spiro atoms. The SMILES string of the molecule is CCCCOC(=O)OC(=O)C1CC(OC)CN1. The Labute approximate surface area is 101 Å². The predicted molar refractivity (Wildman–Crippen MR) is 59.6 cm³/mol. The van der Waals surface area contributed by atoms with Gasteiger partial charge in [-0.15, -0.1) is 0 Å². The van der Waals surface area contributed by atoms with E-state index in [-0.39, 0.29) is 12.7 Å². The van der Waals surface area contributed by atoms with Gasteiger partial charge in [-0.2, -0.15) is 0 Å². The number of ether oxygens (including phenoxy) is 3. The van der Waals surface area contributed by atoms with Gasteiger partial charge in [-0.25, -0.2) is 9.59 Å². The Balaban J connectivity index is 2.22. The first-order chi connectivity index (χ1) is 8.17. The van der Waals surface area contributed by atoms with E-state index in [2.05, 4.69) is 10.1 Å². The molecule has 0 amide bonds. The van der Waals surface area contributed by atoms with Crippen LogP contribution in [0.25, 0.3) is 0 Å². The van der Waals surface area contributed by atoms with Gasteiger partial charge in [0.05, 0.1) is 12.7 Å². The molecule has 98 valence electrons. The summed E-state index contributed by atoms with van der Waals surface area (Å²) in [7, 11) is 1.58. The van der Waals surface area contributed by atoms with Crippen LogP contribution in [0.15, 0.2) is 0 Å². The zero-order valence-corrected chi connectivity index (χ0v) is 10.2. The van der Waals surface area contributed by atoms with Crippen molar-refractivity contribution >= 4 is 12.1 Å². The van der Waals surface area contributed by atoms with Gasteiger partial charge < -0.3 is 19.5 Å². The smallest absolute Gasteiger partial charge is 0.434 e. The van der Waals surface area contributed by atoms with Gasteiger partial charge in [-0.1, -0.05) is 13.3 Å². The zero-order valence-electron chi connectivity index (χ0n) is 10.2. The first kappa shape index (κ1) is 13.9. The quantitative estimate of drug-likeness (QED) is 0.439. The van der Waals surface area contributed by atoms with Crippen LogP contribution in [-0.4, -0.2) is 44.5 Å². The van der Waals surface area contributed by atoms with Crippen molar-refractivity contribution in [2.75, 3.05) is 20.3 Å². The van der Waals surface area contributed by atoms with E-state index in [4.69, 9.17) is 9.47 Å². The normalized spacial score (nSPS) is 23.4. The molecule has 2 unspecified atom stereocenters. The summed E-state index contributed by atoms with van der Waals surface area (Å²) in [5.74, 6) is -0.606. The van der Waals surface area contributed by atoms with Crippen molar-refractivity contribution in [3.8, 4) is 0 Å². The third-order valence-corrected chi connectivity index (χ3v) is 2.61. The number of nitrogens with one attached hydrogen (secondary N) is 1. The highest BCUT2D eigenvalue weighted by Gasteiger charge is 2.32. The fourth-order valence-corrected chi connectivity index (χ4v) is 1.54. The van der Waals surface area contributed by atoms with E-state index in [1.54, 1.807) is 7.11 Å². The molecule has 17 heavy (non-hydrogen) atoms. The average molecular weight is 245 g/mol. The van der Waals surface area contributed by atoms with Crippen molar-refractivity contribution in [1.29, 1.82) is 0 Å². The summed E-state index contributed by atoms with van der Waals surface area (Å²) in [6, 6.07) is -0.487. The van der Waals surface area contributed by atoms with Crippen LogP contribution in [-0.2, 0) is 19.0 Å². The summed E-state index contributed by atoms with van der Waals surface area (Å²) in [6.45, 7) is 2.84. The topological polar surface area (TPSA) is 73.9 Å². The molecule has 1 N–H and O–H groups in total. The van der Waals surface area contributed by atoms with Crippen LogP contribution in [0.4, 0.5) is 4.79 Å². The maximum atomic E-state index is 11.5. The molecule has 0 aromatic heterocycles. The molecule has 0 aliphatic carbocycles. The van der Waals surface area contributed by atoms with Crippen LogP contribution in [0.5, 0.6) is 0 Å². The lowest BCUT2D eigenvalue weighted by Gasteiger charge is -2.09. The maximum absolute atomic E-state index is 11.5. The Hall–Kier alpha value is -1.14. The predicted octanol–water partition coefficient (Wildman–Crippen LogP) is 0.843. The molecule has 0 saturated carbocycles.